The van der Waals surface area contributed by atoms with E-state index in [9.17, 15) is 10.2 Å². The number of phenolic OH excluding ortho intramolecular Hbond substituents is 2. The van der Waals surface area contributed by atoms with E-state index in [1.165, 1.54) is 5.56 Å². The third kappa shape index (κ3) is 13.8. The Kier molecular flexibility index (Phi) is 19.8. The number of nitrogens with zero attached hydrogens (tertiary/aromatic N) is 6. The van der Waals surface area contributed by atoms with Crippen LogP contribution < -0.4 is 0 Å². The molecule has 2 N–H and O–H groups in total. The molecule has 512 valence electrons. The Morgan fingerprint density at radius 1 is 0.330 bits per heavy atom. The number of rotatable bonds is 10. The summed E-state index contributed by atoms with van der Waals surface area (Å²) in [6.45, 7) is 35.4. The van der Waals surface area contributed by atoms with Gasteiger partial charge in [-0.1, -0.05) is 214 Å². The van der Waals surface area contributed by atoms with Crippen molar-refractivity contribution in [1.29, 1.82) is 0 Å². The summed E-state index contributed by atoms with van der Waals surface area (Å²) < 4.78 is 4.24. The van der Waals surface area contributed by atoms with E-state index in [2.05, 4.69) is 296 Å². The molecule has 0 radical (unpaired) electrons. The summed E-state index contributed by atoms with van der Waals surface area (Å²) in [5.41, 5.74) is 19.6. The van der Waals surface area contributed by atoms with Gasteiger partial charge in [-0.15, -0.1) is 0 Å². The summed E-state index contributed by atoms with van der Waals surface area (Å²) in [4.78, 5) is 21.7. The largest absolute Gasteiger partial charge is 0.506 e. The van der Waals surface area contributed by atoms with Crippen LogP contribution in [0.1, 0.15) is 156 Å². The summed E-state index contributed by atoms with van der Waals surface area (Å²) in [6.07, 6.45) is 0. The maximum Gasteiger partial charge on any atom is 0.146 e. The Morgan fingerprint density at radius 3 is 1.38 bits per heavy atom. The number of aromatic nitrogens is 6. The van der Waals surface area contributed by atoms with Crippen LogP contribution in [0, 0.1) is 12.1 Å². The van der Waals surface area contributed by atoms with Crippen LogP contribution in [0.4, 0.5) is 0 Å². The zero-order chi connectivity index (χ0) is 69.4. The van der Waals surface area contributed by atoms with E-state index in [4.69, 9.17) is 19.9 Å². The van der Waals surface area contributed by atoms with E-state index in [0.717, 1.165) is 134 Å². The molecule has 0 fully saturated rings. The molecule has 0 atom stereocenters. The van der Waals surface area contributed by atoms with Gasteiger partial charge in [-0.3, -0.25) is 19.1 Å². The monoisotopic (exact) mass is 1670 g/mol. The quantitative estimate of drug-likeness (QED) is 0.132. The Bertz CT molecular complexity index is 5320. The fourth-order valence-electron chi connectivity index (χ4n) is 13.5. The van der Waals surface area contributed by atoms with Crippen molar-refractivity contribution in [1.82, 2.24) is 29.1 Å². The van der Waals surface area contributed by atoms with Crippen molar-refractivity contribution in [3.8, 4) is 67.9 Å². The molecule has 0 saturated carbocycles. The number of fused-ring (bicyclic) bond motifs is 6. The van der Waals surface area contributed by atoms with E-state index in [0.29, 0.717) is 5.69 Å². The van der Waals surface area contributed by atoms with E-state index in [1.807, 2.05) is 60.7 Å². The number of hydrogen-bond acceptors (Lipinski definition) is 6. The summed E-state index contributed by atoms with van der Waals surface area (Å²) >= 11 is 0. The Labute approximate surface area is 619 Å². The average molecular weight is 1680 g/mol. The summed E-state index contributed by atoms with van der Waals surface area (Å²) in [5.74, 6) is 0.486. The average Bonchev–Trinajstić information content (AvgIpc) is 1.56. The van der Waals surface area contributed by atoms with Gasteiger partial charge < -0.3 is 10.2 Å². The third-order valence-corrected chi connectivity index (χ3v) is 19.5. The van der Waals surface area contributed by atoms with Gasteiger partial charge in [-0.05, 0) is 139 Å². The standard InChI is InChI=1S/2C45H44N3O.2Pt/c1-43(2,3)32-27-35(44(4,5)6)41(49)39(28-32)48-38-22-16-15-21-33(38)34-23-24-36(47-42(34)48)37-25-30(29-17-11-9-12-18-29)26-40(46-37)45(7,8)31-19-13-10-14-20-31;1-43(2,3)32-23-24-37-33(27-32)34-28-35(44(4,5)6)41(47-42(34)48(37)38-21-15-16-22-39(38)49)36-25-30(29-17-11-9-12-18-29)26-40(46-36)45(7,8)31-19-13-10-14-20-31;;/h2*9-19,21-28,49H,1-8H3;;/q2*-1;;. The summed E-state index contributed by atoms with van der Waals surface area (Å²) in [7, 11) is 0. The molecule has 0 unspecified atom stereocenters. The Hall–Kier alpha value is -9.06. The molecule has 0 spiro atoms. The SMILES string of the molecule is CC(C)(C)c1cc(-n2c3ccccc3c3ccc(-c4cc(-c5ccccc5)cc(C(C)(C)c5[c-]cccc5)n4)nc32)c(O)c(C(C)(C)C)c1.CC(C)(C)c1ccc2c(c1)c1cc(C(C)(C)C)c(-c3cc(-c4ccccc4)cc(C(C)(C)c4[c-]cccc4)n3)nc1n2-c1ccccc1O.[Pt].[Pt]. The van der Waals surface area contributed by atoms with Gasteiger partial charge in [0.25, 0.3) is 0 Å². The number of hydrogen-bond donors (Lipinski definition) is 2. The van der Waals surface area contributed by atoms with Crippen molar-refractivity contribution in [3.63, 3.8) is 0 Å². The van der Waals surface area contributed by atoms with E-state index < -0.39 is 10.8 Å². The van der Waals surface area contributed by atoms with Gasteiger partial charge in [0.05, 0.1) is 45.2 Å². The van der Waals surface area contributed by atoms with E-state index in [1.54, 1.807) is 6.07 Å². The molecule has 0 saturated heterocycles. The van der Waals surface area contributed by atoms with Crippen molar-refractivity contribution in [2.45, 2.75) is 143 Å². The van der Waals surface area contributed by atoms with Gasteiger partial charge in [-0.25, -0.2) is 9.97 Å². The normalized spacial score (nSPS) is 12.3. The number of pyridine rings is 4. The predicted octanol–water partition coefficient (Wildman–Crippen LogP) is 22.7. The topological polar surface area (TPSA) is 102 Å². The van der Waals surface area contributed by atoms with Crippen LogP contribution in [0.3, 0.4) is 0 Å². The molecule has 0 aliphatic rings. The molecular formula is C90H88N6O2Pt2-2. The molecule has 6 heterocycles. The van der Waals surface area contributed by atoms with Crippen LogP contribution in [-0.2, 0) is 74.6 Å². The molecule has 6 aromatic heterocycles. The molecular weight excluding hydrogens is 1590 g/mol. The second-order valence-electron chi connectivity index (χ2n) is 31.4. The molecule has 0 aliphatic carbocycles. The first kappa shape index (κ1) is 72.2. The van der Waals surface area contributed by atoms with Gasteiger partial charge in [0.15, 0.2) is 0 Å². The predicted molar refractivity (Wildman–Crippen MR) is 407 cm³/mol. The Morgan fingerprint density at radius 2 is 0.830 bits per heavy atom. The molecule has 14 aromatic rings. The van der Waals surface area contributed by atoms with E-state index >= 15 is 0 Å². The van der Waals surface area contributed by atoms with Crippen LogP contribution in [-0.4, -0.2) is 39.3 Å². The Balaban J connectivity index is 0.000000198. The molecule has 0 aliphatic heterocycles. The maximum absolute atomic E-state index is 12.0. The van der Waals surface area contributed by atoms with Gasteiger partial charge in [0.1, 0.15) is 22.8 Å². The van der Waals surface area contributed by atoms with Crippen LogP contribution >= 0.6 is 0 Å². The first-order valence-electron chi connectivity index (χ1n) is 34.1. The number of benzene rings is 8. The number of aromatic hydroxyl groups is 2. The van der Waals surface area contributed by atoms with Gasteiger partial charge in [0, 0.05) is 91.5 Å². The van der Waals surface area contributed by atoms with Gasteiger partial charge in [0.2, 0.25) is 0 Å². The van der Waals surface area contributed by atoms with Crippen molar-refractivity contribution in [2.75, 3.05) is 0 Å². The number of phenols is 2. The van der Waals surface area contributed by atoms with Crippen LogP contribution in [0.5, 0.6) is 11.5 Å². The van der Waals surface area contributed by atoms with Crippen LogP contribution in [0.2, 0.25) is 0 Å². The first-order valence-corrected chi connectivity index (χ1v) is 34.1. The molecule has 0 bridgehead atoms. The minimum Gasteiger partial charge on any atom is -0.506 e. The van der Waals surface area contributed by atoms with Crippen molar-refractivity contribution < 1.29 is 52.3 Å². The minimum atomic E-state index is -0.416. The van der Waals surface area contributed by atoms with Gasteiger partial charge >= 0.3 is 0 Å². The van der Waals surface area contributed by atoms with Crippen LogP contribution in [0.25, 0.3) is 100 Å². The van der Waals surface area contributed by atoms with E-state index in [-0.39, 0.29) is 75.3 Å². The molecule has 8 nitrogen and oxygen atoms in total. The molecule has 8 aromatic carbocycles. The maximum atomic E-state index is 12.0. The second-order valence-corrected chi connectivity index (χ2v) is 31.4. The molecule has 10 heteroatoms. The fraction of sp³-hybridized carbons (Fsp3) is 0.244. The second kappa shape index (κ2) is 27.5. The molecule has 100 heavy (non-hydrogen) atoms. The number of para-hydroxylation sites is 3. The van der Waals surface area contributed by atoms with Crippen molar-refractivity contribution >= 4 is 43.9 Å². The zero-order valence-corrected chi connectivity index (χ0v) is 64.7. The summed E-state index contributed by atoms with van der Waals surface area (Å²) in [6, 6.07) is 86.2. The van der Waals surface area contributed by atoms with Gasteiger partial charge in [-0.2, -0.15) is 71.8 Å². The van der Waals surface area contributed by atoms with Crippen LogP contribution in [0.15, 0.2) is 231 Å². The first-order chi connectivity index (χ1) is 46.5. The third-order valence-electron chi connectivity index (χ3n) is 19.5. The van der Waals surface area contributed by atoms with Crippen molar-refractivity contribution in [2.24, 2.45) is 0 Å². The van der Waals surface area contributed by atoms with Crippen molar-refractivity contribution in [3.05, 3.63) is 287 Å². The fourth-order valence-corrected chi connectivity index (χ4v) is 13.5. The summed E-state index contributed by atoms with van der Waals surface area (Å²) in [5, 5.41) is 27.5. The molecule has 14 rings (SSSR count). The smallest absolute Gasteiger partial charge is 0.146 e. The minimum absolute atomic E-state index is 0. The molecule has 0 amide bonds. The zero-order valence-electron chi connectivity index (χ0n) is 60.1.